The molecule has 0 aromatic carbocycles. The second-order valence-electron chi connectivity index (χ2n) is 7.36. The molecule has 4 heteroatoms. The molecule has 1 rings (SSSR count). The van der Waals surface area contributed by atoms with Gasteiger partial charge in [0, 0.05) is 32.1 Å². The molecule has 1 aliphatic rings. The van der Waals surface area contributed by atoms with Crippen molar-refractivity contribution >= 4 is 5.91 Å². The fourth-order valence-corrected chi connectivity index (χ4v) is 3.04. The Hall–Kier alpha value is -0.610. The topological polar surface area (TPSA) is 49.6 Å². The zero-order valence-corrected chi connectivity index (χ0v) is 14.5. The molecule has 0 aromatic rings. The minimum Gasteiger partial charge on any atom is -0.341 e. The van der Waals surface area contributed by atoms with E-state index in [0.29, 0.717) is 30.2 Å². The molecule has 1 aliphatic carbocycles. The van der Waals surface area contributed by atoms with Gasteiger partial charge in [-0.15, -0.1) is 0 Å². The Bertz CT molecular complexity index is 296. The maximum Gasteiger partial charge on any atom is 0.222 e. The summed E-state index contributed by atoms with van der Waals surface area (Å²) in [6.07, 6.45) is 6.43. The molecule has 124 valence electrons. The number of hydrogen-bond donors (Lipinski definition) is 1. The number of hydrogen-bond acceptors (Lipinski definition) is 3. The Balaban J connectivity index is 2.36. The number of nitrogens with zero attached hydrogens (tertiary/aromatic N) is 2. The Morgan fingerprint density at radius 1 is 1.14 bits per heavy atom. The summed E-state index contributed by atoms with van der Waals surface area (Å²) < 4.78 is 0. The van der Waals surface area contributed by atoms with Gasteiger partial charge in [-0.1, -0.05) is 13.8 Å². The van der Waals surface area contributed by atoms with Crippen LogP contribution in [-0.2, 0) is 4.79 Å². The van der Waals surface area contributed by atoms with Crippen LogP contribution in [0.1, 0.15) is 52.4 Å². The van der Waals surface area contributed by atoms with Crippen LogP contribution in [0.5, 0.6) is 0 Å². The molecule has 0 bridgehead atoms. The van der Waals surface area contributed by atoms with Gasteiger partial charge in [0.1, 0.15) is 0 Å². The van der Waals surface area contributed by atoms with Crippen LogP contribution in [0.2, 0.25) is 0 Å². The second kappa shape index (κ2) is 9.42. The van der Waals surface area contributed by atoms with E-state index in [1.165, 1.54) is 12.8 Å². The number of rotatable bonds is 8. The van der Waals surface area contributed by atoms with Crippen molar-refractivity contribution in [1.82, 2.24) is 9.80 Å². The first-order valence-electron chi connectivity index (χ1n) is 8.56. The van der Waals surface area contributed by atoms with Crippen molar-refractivity contribution < 1.29 is 4.79 Å². The van der Waals surface area contributed by atoms with Gasteiger partial charge in [-0.05, 0) is 58.0 Å². The summed E-state index contributed by atoms with van der Waals surface area (Å²) in [5.74, 6) is 1.58. The van der Waals surface area contributed by atoms with Crippen molar-refractivity contribution in [2.24, 2.45) is 17.6 Å². The largest absolute Gasteiger partial charge is 0.341 e. The number of carbonyl (C=O) groups is 1. The maximum atomic E-state index is 12.5. The molecule has 1 amide bonds. The predicted octanol–water partition coefficient (Wildman–Crippen LogP) is 2.33. The van der Waals surface area contributed by atoms with E-state index in [9.17, 15) is 4.79 Å². The average Bonchev–Trinajstić information content (AvgIpc) is 2.42. The third kappa shape index (κ3) is 7.82. The molecule has 0 aliphatic heterocycles. The van der Waals surface area contributed by atoms with Gasteiger partial charge in [0.25, 0.3) is 0 Å². The Morgan fingerprint density at radius 2 is 1.76 bits per heavy atom. The van der Waals surface area contributed by atoms with Crippen LogP contribution in [-0.4, -0.2) is 55.5 Å². The van der Waals surface area contributed by atoms with Crippen LogP contribution in [0, 0.1) is 11.8 Å². The normalized spacial score (nSPS) is 22.8. The zero-order valence-electron chi connectivity index (χ0n) is 14.5. The highest BCUT2D eigenvalue weighted by Gasteiger charge is 2.21. The second-order valence-corrected chi connectivity index (χ2v) is 7.36. The SMILES string of the molecule is CC(C)CN(CCN(C)C)C(=O)CCC1CCC(N)CC1. The molecule has 0 spiro atoms. The van der Waals surface area contributed by atoms with Crippen LogP contribution in [0.25, 0.3) is 0 Å². The van der Waals surface area contributed by atoms with Gasteiger partial charge in [-0.25, -0.2) is 0 Å². The molecule has 0 saturated heterocycles. The number of nitrogens with two attached hydrogens (primary N) is 1. The van der Waals surface area contributed by atoms with E-state index < -0.39 is 0 Å². The minimum absolute atomic E-state index is 0.334. The van der Waals surface area contributed by atoms with Gasteiger partial charge in [0.15, 0.2) is 0 Å². The van der Waals surface area contributed by atoms with Gasteiger partial charge in [-0.2, -0.15) is 0 Å². The molecular formula is C17H35N3O. The standard InChI is InChI=1S/C17H35N3O/c1-14(2)13-20(12-11-19(3)4)17(21)10-7-15-5-8-16(18)9-6-15/h14-16H,5-13,18H2,1-4H3. The maximum absolute atomic E-state index is 12.5. The highest BCUT2D eigenvalue weighted by atomic mass is 16.2. The fourth-order valence-electron chi connectivity index (χ4n) is 3.04. The first-order valence-corrected chi connectivity index (χ1v) is 8.56. The third-order valence-electron chi connectivity index (χ3n) is 4.41. The quantitative estimate of drug-likeness (QED) is 0.748. The van der Waals surface area contributed by atoms with Gasteiger partial charge in [0.05, 0.1) is 0 Å². The van der Waals surface area contributed by atoms with Gasteiger partial charge >= 0.3 is 0 Å². The van der Waals surface area contributed by atoms with Gasteiger partial charge in [-0.3, -0.25) is 4.79 Å². The van der Waals surface area contributed by atoms with E-state index in [-0.39, 0.29) is 0 Å². The first-order chi connectivity index (χ1) is 9.88. The smallest absolute Gasteiger partial charge is 0.222 e. The molecule has 0 heterocycles. The molecule has 0 aromatic heterocycles. The third-order valence-corrected chi connectivity index (χ3v) is 4.41. The van der Waals surface area contributed by atoms with Crippen molar-refractivity contribution in [2.75, 3.05) is 33.7 Å². The van der Waals surface area contributed by atoms with Crippen LogP contribution in [0.3, 0.4) is 0 Å². The minimum atomic E-state index is 0.334. The van der Waals surface area contributed by atoms with E-state index in [0.717, 1.165) is 38.9 Å². The number of amides is 1. The molecule has 1 fully saturated rings. The van der Waals surface area contributed by atoms with Crippen molar-refractivity contribution in [3.05, 3.63) is 0 Å². The highest BCUT2D eigenvalue weighted by molar-refractivity contribution is 5.76. The summed E-state index contributed by atoms with van der Waals surface area (Å²) in [6, 6.07) is 0.398. The van der Waals surface area contributed by atoms with E-state index in [2.05, 4.69) is 37.7 Å². The first kappa shape index (κ1) is 18.4. The zero-order chi connectivity index (χ0) is 15.8. The Labute approximate surface area is 131 Å². The highest BCUT2D eigenvalue weighted by Crippen LogP contribution is 2.27. The molecule has 2 N–H and O–H groups in total. The van der Waals surface area contributed by atoms with Crippen molar-refractivity contribution in [3.63, 3.8) is 0 Å². The van der Waals surface area contributed by atoms with Gasteiger partial charge < -0.3 is 15.5 Å². The van der Waals surface area contributed by atoms with Crippen LogP contribution < -0.4 is 5.73 Å². The molecule has 4 nitrogen and oxygen atoms in total. The average molecular weight is 297 g/mol. The molecule has 0 radical (unpaired) electrons. The number of likely N-dealkylation sites (N-methyl/N-ethyl adjacent to an activating group) is 1. The van der Waals surface area contributed by atoms with Crippen LogP contribution in [0.15, 0.2) is 0 Å². The summed E-state index contributed by atoms with van der Waals surface area (Å²) in [5.41, 5.74) is 5.94. The van der Waals surface area contributed by atoms with E-state index in [1.54, 1.807) is 0 Å². The summed E-state index contributed by atoms with van der Waals surface area (Å²) in [4.78, 5) is 16.7. The number of carbonyl (C=O) groups excluding carboxylic acids is 1. The van der Waals surface area contributed by atoms with E-state index in [1.807, 2.05) is 0 Å². The van der Waals surface area contributed by atoms with Crippen LogP contribution in [0.4, 0.5) is 0 Å². The Kier molecular flexibility index (Phi) is 8.27. The van der Waals surface area contributed by atoms with Gasteiger partial charge in [0.2, 0.25) is 5.91 Å². The van der Waals surface area contributed by atoms with Crippen LogP contribution >= 0.6 is 0 Å². The van der Waals surface area contributed by atoms with Crippen molar-refractivity contribution in [1.29, 1.82) is 0 Å². The predicted molar refractivity (Wildman–Crippen MR) is 89.1 cm³/mol. The summed E-state index contributed by atoms with van der Waals surface area (Å²) in [7, 11) is 4.12. The molecule has 1 saturated carbocycles. The summed E-state index contributed by atoms with van der Waals surface area (Å²) in [5, 5.41) is 0. The van der Waals surface area contributed by atoms with E-state index in [4.69, 9.17) is 5.73 Å². The van der Waals surface area contributed by atoms with Crippen molar-refractivity contribution in [3.8, 4) is 0 Å². The lowest BCUT2D eigenvalue weighted by Crippen LogP contribution is -2.39. The fraction of sp³-hybridized carbons (Fsp3) is 0.941. The van der Waals surface area contributed by atoms with Crippen molar-refractivity contribution in [2.45, 2.75) is 58.4 Å². The lowest BCUT2D eigenvalue weighted by molar-refractivity contribution is -0.132. The molecule has 0 unspecified atom stereocenters. The monoisotopic (exact) mass is 297 g/mol. The molecular weight excluding hydrogens is 262 g/mol. The molecule has 0 atom stereocenters. The lowest BCUT2D eigenvalue weighted by Gasteiger charge is -2.29. The summed E-state index contributed by atoms with van der Waals surface area (Å²) >= 11 is 0. The van der Waals surface area contributed by atoms with E-state index >= 15 is 0 Å². The summed E-state index contributed by atoms with van der Waals surface area (Å²) in [6.45, 7) is 7.02. The lowest BCUT2D eigenvalue weighted by atomic mass is 9.83. The molecule has 21 heavy (non-hydrogen) atoms. The Morgan fingerprint density at radius 3 is 2.29 bits per heavy atom.